The molecule has 0 amide bonds. The fourth-order valence-electron chi connectivity index (χ4n) is 3.93. The van der Waals surface area contributed by atoms with Crippen LogP contribution in [0.4, 0.5) is 0 Å². The zero-order valence-corrected chi connectivity index (χ0v) is 16.8. The number of carbonyl (C=O) groups is 1. The van der Waals surface area contributed by atoms with Crippen LogP contribution in [0, 0.1) is 5.92 Å². The molecular weight excluding hydrogens is 348 g/mol. The van der Waals surface area contributed by atoms with E-state index in [4.69, 9.17) is 10.5 Å². The highest BCUT2D eigenvalue weighted by atomic mass is 16.5. The lowest BCUT2D eigenvalue weighted by molar-refractivity contribution is -0.125. The van der Waals surface area contributed by atoms with Crippen molar-refractivity contribution in [3.8, 4) is 5.75 Å². The van der Waals surface area contributed by atoms with Gasteiger partial charge in [0.1, 0.15) is 12.4 Å². The van der Waals surface area contributed by atoms with E-state index in [0.29, 0.717) is 13.0 Å². The van der Waals surface area contributed by atoms with Crippen LogP contribution in [0.5, 0.6) is 5.75 Å². The van der Waals surface area contributed by atoms with Gasteiger partial charge in [-0.1, -0.05) is 49.4 Å². The number of hydrogen-bond acceptors (Lipinski definition) is 4. The Morgan fingerprint density at radius 1 is 1.14 bits per heavy atom. The van der Waals surface area contributed by atoms with Crippen LogP contribution in [-0.4, -0.2) is 36.4 Å². The first kappa shape index (κ1) is 20.6. The van der Waals surface area contributed by atoms with Crippen LogP contribution in [0.25, 0.3) is 0 Å². The van der Waals surface area contributed by atoms with Gasteiger partial charge >= 0.3 is 0 Å². The lowest BCUT2D eigenvalue weighted by atomic mass is 9.88. The molecule has 1 aliphatic rings. The molecule has 4 heteroatoms. The highest BCUT2D eigenvalue weighted by molar-refractivity contribution is 5.86. The minimum absolute atomic E-state index is 0.0868. The predicted octanol–water partition coefficient (Wildman–Crippen LogP) is 3.83. The number of nitrogens with zero attached hydrogens (tertiary/aromatic N) is 1. The van der Waals surface area contributed by atoms with E-state index in [-0.39, 0.29) is 11.7 Å². The molecule has 0 aromatic heterocycles. The Bertz CT molecular complexity index is 728. The molecule has 2 aromatic carbocycles. The zero-order chi connectivity index (χ0) is 19.8. The monoisotopic (exact) mass is 380 g/mol. The van der Waals surface area contributed by atoms with Crippen LogP contribution in [0.2, 0.25) is 0 Å². The third-order valence-electron chi connectivity index (χ3n) is 5.44. The minimum Gasteiger partial charge on any atom is -0.489 e. The molecule has 0 bridgehead atoms. The van der Waals surface area contributed by atoms with Crippen molar-refractivity contribution in [1.82, 2.24) is 4.90 Å². The first-order valence-electron chi connectivity index (χ1n) is 10.4. The maximum Gasteiger partial charge on any atom is 0.154 e. The molecule has 0 spiro atoms. The SMILES string of the molecule is CCCN1CCCC(C(=O)C(N)Cc2ccc(OCc3ccccc3)cc2)C1. The number of ether oxygens (including phenoxy) is 1. The summed E-state index contributed by atoms with van der Waals surface area (Å²) in [4.78, 5) is 15.2. The van der Waals surface area contributed by atoms with Crippen LogP contribution in [-0.2, 0) is 17.8 Å². The first-order chi connectivity index (χ1) is 13.7. The van der Waals surface area contributed by atoms with Gasteiger partial charge in [-0.25, -0.2) is 0 Å². The largest absolute Gasteiger partial charge is 0.489 e. The van der Waals surface area contributed by atoms with Gasteiger partial charge < -0.3 is 15.4 Å². The zero-order valence-electron chi connectivity index (χ0n) is 16.8. The van der Waals surface area contributed by atoms with Crippen LogP contribution >= 0.6 is 0 Å². The molecule has 150 valence electrons. The number of piperidine rings is 1. The van der Waals surface area contributed by atoms with Gasteiger partial charge in [0, 0.05) is 12.5 Å². The Morgan fingerprint density at radius 2 is 1.89 bits per heavy atom. The molecule has 2 atom stereocenters. The van der Waals surface area contributed by atoms with E-state index in [0.717, 1.165) is 55.8 Å². The van der Waals surface area contributed by atoms with E-state index < -0.39 is 6.04 Å². The first-order valence-corrected chi connectivity index (χ1v) is 10.4. The maximum atomic E-state index is 12.8. The highest BCUT2D eigenvalue weighted by Crippen LogP contribution is 2.20. The van der Waals surface area contributed by atoms with E-state index in [1.54, 1.807) is 0 Å². The summed E-state index contributed by atoms with van der Waals surface area (Å²) >= 11 is 0. The fourth-order valence-corrected chi connectivity index (χ4v) is 3.93. The van der Waals surface area contributed by atoms with E-state index in [1.807, 2.05) is 54.6 Å². The van der Waals surface area contributed by atoms with Crippen LogP contribution < -0.4 is 10.5 Å². The topological polar surface area (TPSA) is 55.6 Å². The quantitative estimate of drug-likeness (QED) is 0.718. The number of hydrogen-bond donors (Lipinski definition) is 1. The van der Waals surface area contributed by atoms with Gasteiger partial charge in [0.25, 0.3) is 0 Å². The standard InChI is InChI=1S/C24H32N2O2/c1-2-14-26-15-6-9-21(17-26)24(27)23(25)16-19-10-12-22(13-11-19)28-18-20-7-4-3-5-8-20/h3-5,7-8,10-13,21,23H,2,6,9,14-18,25H2,1H3. The third-order valence-corrected chi connectivity index (χ3v) is 5.44. The third kappa shape index (κ3) is 5.91. The second-order valence-electron chi connectivity index (χ2n) is 7.77. The molecule has 1 heterocycles. The number of carbonyl (C=O) groups excluding carboxylic acids is 1. The van der Waals surface area contributed by atoms with Gasteiger partial charge in [-0.05, 0) is 62.0 Å². The van der Waals surface area contributed by atoms with E-state index in [9.17, 15) is 4.79 Å². The van der Waals surface area contributed by atoms with E-state index in [1.165, 1.54) is 0 Å². The summed E-state index contributed by atoms with van der Waals surface area (Å²) in [6.45, 7) is 5.78. The van der Waals surface area contributed by atoms with Crippen molar-refractivity contribution >= 4 is 5.78 Å². The van der Waals surface area contributed by atoms with Crippen molar-refractivity contribution in [2.75, 3.05) is 19.6 Å². The van der Waals surface area contributed by atoms with Crippen LogP contribution in [0.15, 0.2) is 54.6 Å². The number of rotatable bonds is 9. The molecule has 28 heavy (non-hydrogen) atoms. The average molecular weight is 381 g/mol. The molecule has 1 fully saturated rings. The normalized spacial score (nSPS) is 18.6. The minimum atomic E-state index is -0.428. The molecule has 2 aromatic rings. The van der Waals surface area contributed by atoms with Gasteiger partial charge in [0.05, 0.1) is 6.04 Å². The molecule has 2 N–H and O–H groups in total. The van der Waals surface area contributed by atoms with Crippen molar-refractivity contribution in [1.29, 1.82) is 0 Å². The Kier molecular flexibility index (Phi) is 7.63. The lowest BCUT2D eigenvalue weighted by Gasteiger charge is -2.32. The molecule has 1 saturated heterocycles. The molecule has 0 aliphatic carbocycles. The predicted molar refractivity (Wildman–Crippen MR) is 113 cm³/mol. The van der Waals surface area contributed by atoms with Gasteiger partial charge in [-0.3, -0.25) is 4.79 Å². The summed E-state index contributed by atoms with van der Waals surface area (Å²) in [5.41, 5.74) is 8.49. The number of likely N-dealkylation sites (tertiary alicyclic amines) is 1. The van der Waals surface area contributed by atoms with Crippen LogP contribution in [0.1, 0.15) is 37.3 Å². The van der Waals surface area contributed by atoms with Gasteiger partial charge in [0.2, 0.25) is 0 Å². The Hall–Kier alpha value is -2.17. The molecular formula is C24H32N2O2. The number of nitrogens with two attached hydrogens (primary N) is 1. The second-order valence-corrected chi connectivity index (χ2v) is 7.77. The van der Waals surface area contributed by atoms with Gasteiger partial charge in [-0.15, -0.1) is 0 Å². The summed E-state index contributed by atoms with van der Waals surface area (Å²) in [6, 6.07) is 17.6. The Balaban J connectivity index is 1.49. The van der Waals surface area contributed by atoms with Crippen molar-refractivity contribution in [3.05, 3.63) is 65.7 Å². The molecule has 1 aliphatic heterocycles. The summed E-state index contributed by atoms with van der Waals surface area (Å²) < 4.78 is 5.83. The summed E-state index contributed by atoms with van der Waals surface area (Å²) in [6.07, 6.45) is 3.78. The van der Waals surface area contributed by atoms with Crippen molar-refractivity contribution in [2.24, 2.45) is 11.7 Å². The second kappa shape index (κ2) is 10.4. The van der Waals surface area contributed by atoms with Gasteiger partial charge in [0.15, 0.2) is 5.78 Å². The molecule has 2 unspecified atom stereocenters. The Labute approximate surface area is 168 Å². The molecule has 0 saturated carbocycles. The summed E-state index contributed by atoms with van der Waals surface area (Å²) in [5, 5.41) is 0. The number of Topliss-reactive ketones (excluding diaryl/α,β-unsaturated/α-hetero) is 1. The molecule has 4 nitrogen and oxygen atoms in total. The lowest BCUT2D eigenvalue weighted by Crippen LogP contribution is -2.45. The highest BCUT2D eigenvalue weighted by Gasteiger charge is 2.28. The van der Waals surface area contributed by atoms with Crippen LogP contribution in [0.3, 0.4) is 0 Å². The average Bonchev–Trinajstić information content (AvgIpc) is 2.74. The molecule has 0 radical (unpaired) electrons. The number of benzene rings is 2. The maximum absolute atomic E-state index is 12.8. The summed E-state index contributed by atoms with van der Waals surface area (Å²) in [5.74, 6) is 1.13. The van der Waals surface area contributed by atoms with E-state index in [2.05, 4.69) is 11.8 Å². The molecule has 3 rings (SSSR count). The Morgan fingerprint density at radius 3 is 2.61 bits per heavy atom. The van der Waals surface area contributed by atoms with Crippen molar-refractivity contribution < 1.29 is 9.53 Å². The summed E-state index contributed by atoms with van der Waals surface area (Å²) in [7, 11) is 0. The smallest absolute Gasteiger partial charge is 0.154 e. The fraction of sp³-hybridized carbons (Fsp3) is 0.458. The van der Waals surface area contributed by atoms with E-state index >= 15 is 0 Å². The van der Waals surface area contributed by atoms with Gasteiger partial charge in [-0.2, -0.15) is 0 Å². The van der Waals surface area contributed by atoms with Crippen molar-refractivity contribution in [3.63, 3.8) is 0 Å². The van der Waals surface area contributed by atoms with Crippen molar-refractivity contribution in [2.45, 2.75) is 45.3 Å². The number of ketones is 1.